The van der Waals surface area contributed by atoms with Gasteiger partial charge >= 0.3 is 0 Å². The quantitative estimate of drug-likeness (QED) is 0.430. The first-order chi connectivity index (χ1) is 17.9. The number of nitrogens with two attached hydrogens (primary N) is 1. The van der Waals surface area contributed by atoms with E-state index in [0.717, 1.165) is 17.7 Å². The second kappa shape index (κ2) is 10.6. The Labute approximate surface area is 224 Å². The lowest BCUT2D eigenvalue weighted by Gasteiger charge is -2.34. The van der Waals surface area contributed by atoms with Crippen molar-refractivity contribution in [1.82, 2.24) is 14.7 Å². The van der Waals surface area contributed by atoms with Crippen LogP contribution in [0.5, 0.6) is 5.75 Å². The van der Waals surface area contributed by atoms with Crippen LogP contribution < -0.4 is 20.1 Å². The molecule has 1 aliphatic rings. The molecule has 1 aromatic carbocycles. The molecule has 9 nitrogen and oxygen atoms in total. The van der Waals surface area contributed by atoms with E-state index >= 15 is 0 Å². The predicted octanol–water partition coefficient (Wildman–Crippen LogP) is 4.50. The van der Waals surface area contributed by atoms with Crippen molar-refractivity contribution < 1.29 is 17.9 Å². The van der Waals surface area contributed by atoms with E-state index in [2.05, 4.69) is 49.2 Å². The number of benzene rings is 1. The topological polar surface area (TPSA) is 128 Å². The number of sulfonamides is 1. The molecule has 3 aromatic rings. The number of aromatic nitrogens is 2. The van der Waals surface area contributed by atoms with E-state index in [9.17, 15) is 13.2 Å². The molecule has 10 heteroatoms. The van der Waals surface area contributed by atoms with Crippen LogP contribution >= 0.6 is 0 Å². The Kier molecular flexibility index (Phi) is 7.64. The van der Waals surface area contributed by atoms with Gasteiger partial charge in [-0.05, 0) is 68.5 Å². The van der Waals surface area contributed by atoms with Crippen LogP contribution in [-0.4, -0.2) is 43.0 Å². The van der Waals surface area contributed by atoms with Crippen LogP contribution in [0.25, 0.3) is 11.3 Å². The fourth-order valence-electron chi connectivity index (χ4n) is 4.77. The van der Waals surface area contributed by atoms with Crippen molar-refractivity contribution in [3.8, 4) is 17.0 Å². The molecule has 1 atom stereocenters. The zero-order valence-electron chi connectivity index (χ0n) is 22.4. The first-order valence-electron chi connectivity index (χ1n) is 12.7. The van der Waals surface area contributed by atoms with E-state index in [1.807, 2.05) is 24.3 Å². The highest BCUT2D eigenvalue weighted by Crippen LogP contribution is 2.38. The van der Waals surface area contributed by atoms with Gasteiger partial charge in [-0.15, -0.1) is 0 Å². The van der Waals surface area contributed by atoms with E-state index < -0.39 is 15.9 Å². The van der Waals surface area contributed by atoms with Gasteiger partial charge in [-0.25, -0.2) is 14.7 Å². The number of amides is 1. The fourth-order valence-corrected chi connectivity index (χ4v) is 5.71. The molecule has 0 bridgehead atoms. The number of ether oxygens (including phenoxy) is 1. The molecule has 1 unspecified atom stereocenters. The van der Waals surface area contributed by atoms with Gasteiger partial charge in [-0.1, -0.05) is 39.0 Å². The van der Waals surface area contributed by atoms with E-state index in [4.69, 9.17) is 15.5 Å². The smallest absolute Gasteiger partial charge is 0.281 e. The van der Waals surface area contributed by atoms with E-state index in [-0.39, 0.29) is 21.9 Å². The number of hydrogen-bond acceptors (Lipinski definition) is 8. The third-order valence-corrected chi connectivity index (χ3v) is 7.64. The summed E-state index contributed by atoms with van der Waals surface area (Å²) >= 11 is 0. The van der Waals surface area contributed by atoms with Crippen molar-refractivity contribution in [3.05, 3.63) is 60.2 Å². The Bertz CT molecular complexity index is 1440. The van der Waals surface area contributed by atoms with Gasteiger partial charge in [-0.2, -0.15) is 8.42 Å². The van der Waals surface area contributed by atoms with Gasteiger partial charge in [0.25, 0.3) is 15.9 Å². The van der Waals surface area contributed by atoms with E-state index in [0.29, 0.717) is 36.5 Å². The minimum absolute atomic E-state index is 0.0411. The summed E-state index contributed by atoms with van der Waals surface area (Å²) in [5.41, 5.74) is 7.02. The van der Waals surface area contributed by atoms with Crippen molar-refractivity contribution in [3.63, 3.8) is 0 Å². The van der Waals surface area contributed by atoms with Gasteiger partial charge < -0.3 is 15.4 Å². The van der Waals surface area contributed by atoms with Crippen molar-refractivity contribution in [1.29, 1.82) is 0 Å². The van der Waals surface area contributed by atoms with Crippen LogP contribution in [0.15, 0.2) is 59.6 Å². The van der Waals surface area contributed by atoms with E-state index in [1.54, 1.807) is 12.1 Å². The summed E-state index contributed by atoms with van der Waals surface area (Å²) in [6.07, 6.45) is 0.907. The van der Waals surface area contributed by atoms with Crippen molar-refractivity contribution in [2.45, 2.75) is 51.6 Å². The molecule has 1 saturated heterocycles. The summed E-state index contributed by atoms with van der Waals surface area (Å²) in [4.78, 5) is 24.2. The monoisotopic (exact) mass is 537 g/mol. The molecule has 3 N–H and O–H groups in total. The van der Waals surface area contributed by atoms with E-state index in [1.165, 1.54) is 18.2 Å². The molecule has 38 heavy (non-hydrogen) atoms. The Hall–Kier alpha value is -3.66. The molecular formula is C28H35N5O4S. The number of nitrogens with zero attached hydrogens (tertiary/aromatic N) is 3. The normalized spacial score (nSPS) is 17.0. The summed E-state index contributed by atoms with van der Waals surface area (Å²) < 4.78 is 33.9. The number of rotatable bonds is 8. The number of hydrogen-bond donors (Lipinski definition) is 2. The molecule has 1 amide bonds. The Morgan fingerprint density at radius 1 is 1.16 bits per heavy atom. The minimum Gasteiger partial charge on any atom is -0.493 e. The average Bonchev–Trinajstić information content (AvgIpc) is 3.13. The fraction of sp³-hybridized carbons (Fsp3) is 0.393. The zero-order chi connectivity index (χ0) is 27.7. The van der Waals surface area contributed by atoms with Gasteiger partial charge in [0, 0.05) is 17.6 Å². The lowest BCUT2D eigenvalue weighted by molar-refractivity contribution is 0.0981. The van der Waals surface area contributed by atoms with Gasteiger partial charge in [-0.3, -0.25) is 4.79 Å². The SMILES string of the molecule is CC(C)COc1cccc(-c2ccc(C(=O)NS(=O)(=O)c3cccc(N)n3)c(N3CC(C)CC3(C)C)n2)c1. The Morgan fingerprint density at radius 3 is 2.55 bits per heavy atom. The second-order valence-electron chi connectivity index (χ2n) is 10.9. The maximum atomic E-state index is 13.4. The summed E-state index contributed by atoms with van der Waals surface area (Å²) in [5.74, 6) is 1.18. The van der Waals surface area contributed by atoms with Gasteiger partial charge in [0.15, 0.2) is 5.03 Å². The van der Waals surface area contributed by atoms with Gasteiger partial charge in [0.1, 0.15) is 17.4 Å². The number of carbonyl (C=O) groups is 1. The molecule has 2 aromatic heterocycles. The first kappa shape index (κ1) is 27.4. The summed E-state index contributed by atoms with van der Waals surface area (Å²) in [6.45, 7) is 11.8. The van der Waals surface area contributed by atoms with Crippen LogP contribution in [0, 0.1) is 11.8 Å². The highest BCUT2D eigenvalue weighted by atomic mass is 32.2. The second-order valence-corrected chi connectivity index (χ2v) is 12.5. The third-order valence-electron chi connectivity index (χ3n) is 6.41. The van der Waals surface area contributed by atoms with Crippen LogP contribution in [0.1, 0.15) is 51.4 Å². The lowest BCUT2D eigenvalue weighted by atomic mass is 9.97. The molecule has 0 radical (unpaired) electrons. The van der Waals surface area contributed by atoms with Crippen molar-refractivity contribution >= 4 is 27.6 Å². The lowest BCUT2D eigenvalue weighted by Crippen LogP contribution is -2.41. The molecule has 4 rings (SSSR count). The Morgan fingerprint density at radius 2 is 1.89 bits per heavy atom. The third kappa shape index (κ3) is 6.07. The highest BCUT2D eigenvalue weighted by Gasteiger charge is 2.39. The highest BCUT2D eigenvalue weighted by molar-refractivity contribution is 7.90. The largest absolute Gasteiger partial charge is 0.493 e. The number of nitrogen functional groups attached to an aromatic ring is 1. The van der Waals surface area contributed by atoms with Crippen LogP contribution in [0.3, 0.4) is 0 Å². The average molecular weight is 538 g/mol. The van der Waals surface area contributed by atoms with Crippen LogP contribution in [-0.2, 0) is 10.0 Å². The van der Waals surface area contributed by atoms with Crippen LogP contribution in [0.2, 0.25) is 0 Å². The Balaban J connectivity index is 1.74. The standard InChI is InChI=1S/C28H35N5O4S/c1-18(2)17-37-21-9-6-8-20(14-21)23-13-12-22(26(30-23)33-16-19(3)15-28(33,4)5)27(34)32-38(35,36)25-11-7-10-24(29)31-25/h6-14,18-19H,15-17H2,1-5H3,(H2,29,31)(H,32,34). The summed E-state index contributed by atoms with van der Waals surface area (Å²) in [5, 5.41) is -0.328. The maximum Gasteiger partial charge on any atom is 0.281 e. The molecule has 202 valence electrons. The number of carbonyl (C=O) groups excluding carboxylic acids is 1. The molecule has 0 spiro atoms. The molecule has 0 saturated carbocycles. The molecular weight excluding hydrogens is 502 g/mol. The first-order valence-corrected chi connectivity index (χ1v) is 14.2. The van der Waals surface area contributed by atoms with Crippen molar-refractivity contribution in [2.24, 2.45) is 11.8 Å². The molecule has 3 heterocycles. The van der Waals surface area contributed by atoms with Crippen molar-refractivity contribution in [2.75, 3.05) is 23.8 Å². The molecule has 1 aliphatic heterocycles. The number of pyridine rings is 2. The molecule has 0 aliphatic carbocycles. The molecule has 1 fully saturated rings. The summed E-state index contributed by atoms with van der Waals surface area (Å²) in [7, 11) is -4.24. The van der Waals surface area contributed by atoms with Gasteiger partial charge in [0.05, 0.1) is 17.9 Å². The summed E-state index contributed by atoms with van der Waals surface area (Å²) in [6, 6.07) is 15.2. The minimum atomic E-state index is -4.24. The van der Waals surface area contributed by atoms with Crippen LogP contribution in [0.4, 0.5) is 11.6 Å². The predicted molar refractivity (Wildman–Crippen MR) is 149 cm³/mol. The number of nitrogens with one attached hydrogen (secondary N) is 1. The number of anilines is 2. The zero-order valence-corrected chi connectivity index (χ0v) is 23.2. The maximum absolute atomic E-state index is 13.4. The van der Waals surface area contributed by atoms with Gasteiger partial charge in [0.2, 0.25) is 0 Å².